The van der Waals surface area contributed by atoms with Crippen molar-refractivity contribution in [1.29, 1.82) is 0 Å². The smallest absolute Gasteiger partial charge is 0.304 e. The van der Waals surface area contributed by atoms with Crippen molar-refractivity contribution in [2.24, 2.45) is 0 Å². The fourth-order valence-electron chi connectivity index (χ4n) is 3.47. The molecule has 2 aliphatic heterocycles. The molecule has 0 aliphatic carbocycles. The highest BCUT2D eigenvalue weighted by Crippen LogP contribution is 2.42. The number of carbonyl (C=O) groups excluding carboxylic acids is 1. The van der Waals surface area contributed by atoms with E-state index < -0.39 is 17.8 Å². The van der Waals surface area contributed by atoms with E-state index >= 15 is 0 Å². The molecule has 2 aromatic rings. The Bertz CT molecular complexity index is 777. The van der Waals surface area contributed by atoms with E-state index in [2.05, 4.69) is 0 Å². The fourth-order valence-corrected chi connectivity index (χ4v) is 3.47. The number of amides is 1. The van der Waals surface area contributed by atoms with Gasteiger partial charge in [0, 0.05) is 6.42 Å². The van der Waals surface area contributed by atoms with Crippen LogP contribution in [0, 0.1) is 0 Å². The normalized spacial score (nSPS) is 26.9. The molecule has 0 saturated carbocycles. The Balaban J connectivity index is 1.54. The fraction of sp³-hybridized carbons (Fsp3) is 0.381. The molecule has 2 aliphatic rings. The molecule has 0 unspecified atom stereocenters. The Labute approximate surface area is 153 Å². The van der Waals surface area contributed by atoms with Gasteiger partial charge < -0.3 is 9.47 Å². The zero-order valence-electron chi connectivity index (χ0n) is 15.1. The first-order valence-corrected chi connectivity index (χ1v) is 8.89. The third-order valence-electron chi connectivity index (χ3n) is 4.64. The van der Waals surface area contributed by atoms with Crippen LogP contribution in [0.25, 0.3) is 0 Å². The molecule has 0 radical (unpaired) electrons. The minimum atomic E-state index is -1.45. The van der Waals surface area contributed by atoms with Crippen LogP contribution in [0.15, 0.2) is 60.7 Å². The lowest BCUT2D eigenvalue weighted by molar-refractivity contribution is -0.412. The molecule has 1 amide bonds. The molecule has 4 rings (SSSR count). The van der Waals surface area contributed by atoms with Gasteiger partial charge in [0.2, 0.25) is 0 Å². The molecule has 0 N–H and O–H groups in total. The van der Waals surface area contributed by atoms with Crippen molar-refractivity contribution in [3.63, 3.8) is 0 Å². The quantitative estimate of drug-likeness (QED) is 0.829. The van der Waals surface area contributed by atoms with Crippen LogP contribution in [-0.4, -0.2) is 35.2 Å². The number of rotatable bonds is 5. The highest BCUT2D eigenvalue weighted by atomic mass is 16.9. The number of nitrogens with zero attached hydrogens (tertiary/aromatic N) is 1. The molecule has 2 atom stereocenters. The Morgan fingerprint density at radius 1 is 1.04 bits per heavy atom. The van der Waals surface area contributed by atoms with E-state index in [1.807, 2.05) is 74.5 Å². The topological polar surface area (TPSA) is 48.0 Å². The van der Waals surface area contributed by atoms with Gasteiger partial charge in [-0.2, -0.15) is 0 Å². The molecule has 2 aromatic carbocycles. The predicted octanol–water partition coefficient (Wildman–Crippen LogP) is 3.09. The summed E-state index contributed by atoms with van der Waals surface area (Å²) in [4.78, 5) is 14.5. The van der Waals surface area contributed by atoms with E-state index in [1.165, 1.54) is 0 Å². The minimum Gasteiger partial charge on any atom is -0.304 e. The van der Waals surface area contributed by atoms with Crippen molar-refractivity contribution >= 4 is 5.91 Å². The van der Waals surface area contributed by atoms with Crippen molar-refractivity contribution in [2.45, 2.75) is 44.7 Å². The third kappa shape index (κ3) is 3.26. The molecule has 2 heterocycles. The van der Waals surface area contributed by atoms with E-state index in [-0.39, 0.29) is 5.91 Å². The van der Waals surface area contributed by atoms with E-state index in [1.54, 1.807) is 4.90 Å². The average molecular weight is 353 g/mol. The van der Waals surface area contributed by atoms with Crippen LogP contribution in [0.5, 0.6) is 0 Å². The first kappa shape index (κ1) is 17.2. The van der Waals surface area contributed by atoms with Crippen molar-refractivity contribution < 1.29 is 19.0 Å². The van der Waals surface area contributed by atoms with Crippen LogP contribution in [0.1, 0.15) is 25.0 Å². The van der Waals surface area contributed by atoms with E-state index in [4.69, 9.17) is 14.2 Å². The maximum absolute atomic E-state index is 12.9. The average Bonchev–Trinajstić information content (AvgIpc) is 3.03. The Hall–Kier alpha value is -2.21. The van der Waals surface area contributed by atoms with Crippen molar-refractivity contribution in [3.8, 4) is 0 Å². The van der Waals surface area contributed by atoms with Crippen molar-refractivity contribution in [2.75, 3.05) is 6.54 Å². The van der Waals surface area contributed by atoms with E-state index in [9.17, 15) is 4.79 Å². The monoisotopic (exact) mass is 353 g/mol. The summed E-state index contributed by atoms with van der Waals surface area (Å²) < 4.78 is 18.2. The number of fused-ring (bicyclic) bond motifs is 1. The highest BCUT2D eigenvalue weighted by molar-refractivity contribution is 5.83. The molecular weight excluding hydrogens is 330 g/mol. The predicted molar refractivity (Wildman–Crippen MR) is 95.9 cm³/mol. The summed E-state index contributed by atoms with van der Waals surface area (Å²) in [6.45, 7) is 4.61. The van der Waals surface area contributed by atoms with Crippen molar-refractivity contribution in [1.82, 2.24) is 4.90 Å². The lowest BCUT2D eigenvalue weighted by Gasteiger charge is -2.29. The summed E-state index contributed by atoms with van der Waals surface area (Å²) in [5.41, 5.74) is 1.52. The molecule has 0 bridgehead atoms. The third-order valence-corrected chi connectivity index (χ3v) is 4.64. The van der Waals surface area contributed by atoms with Crippen LogP contribution in [0.4, 0.5) is 0 Å². The van der Waals surface area contributed by atoms with Gasteiger partial charge in [-0.05, 0) is 25.0 Å². The summed E-state index contributed by atoms with van der Waals surface area (Å²) in [6.07, 6.45) is -1.56. The summed E-state index contributed by atoms with van der Waals surface area (Å²) in [5.74, 6) is -0.0903. The number of hydrogen-bond acceptors (Lipinski definition) is 4. The first-order valence-electron chi connectivity index (χ1n) is 8.89. The maximum Gasteiger partial charge on any atom is 0.381 e. The van der Waals surface area contributed by atoms with Gasteiger partial charge in [0.15, 0.2) is 0 Å². The largest absolute Gasteiger partial charge is 0.381 e. The van der Waals surface area contributed by atoms with Gasteiger partial charge in [-0.3, -0.25) is 14.4 Å². The molecular formula is C21H23NO4. The molecule has 2 fully saturated rings. The van der Waals surface area contributed by atoms with Crippen LogP contribution in [-0.2, 0) is 32.0 Å². The molecule has 26 heavy (non-hydrogen) atoms. The van der Waals surface area contributed by atoms with Gasteiger partial charge in [-0.15, -0.1) is 0 Å². The Morgan fingerprint density at radius 2 is 1.65 bits per heavy atom. The standard InChI is InChI=1S/C21H23NO4/c1-20(2)15-22-19(23)18(13-16-9-5-3-6-10-16)25-21(22,26-20)24-14-17-11-7-4-8-12-17/h3-12,18H,13-15H2,1-2H3/t18-,21-/m1/s1. The van der Waals surface area contributed by atoms with E-state index in [0.717, 1.165) is 11.1 Å². The number of ether oxygens (including phenoxy) is 3. The van der Waals surface area contributed by atoms with Crippen LogP contribution in [0.2, 0.25) is 0 Å². The lowest BCUT2D eigenvalue weighted by Crippen LogP contribution is -2.44. The highest BCUT2D eigenvalue weighted by Gasteiger charge is 2.63. The van der Waals surface area contributed by atoms with Crippen LogP contribution >= 0.6 is 0 Å². The summed E-state index contributed by atoms with van der Waals surface area (Å²) >= 11 is 0. The van der Waals surface area contributed by atoms with Gasteiger partial charge in [-0.1, -0.05) is 60.7 Å². The second kappa shape index (κ2) is 6.50. The molecule has 136 valence electrons. The molecule has 0 aromatic heterocycles. The Morgan fingerprint density at radius 3 is 2.31 bits per heavy atom. The van der Waals surface area contributed by atoms with Gasteiger partial charge >= 0.3 is 6.10 Å². The number of carbonyl (C=O) groups is 1. The van der Waals surface area contributed by atoms with Crippen LogP contribution < -0.4 is 0 Å². The van der Waals surface area contributed by atoms with Crippen LogP contribution in [0.3, 0.4) is 0 Å². The first-order chi connectivity index (χ1) is 12.5. The summed E-state index contributed by atoms with van der Waals surface area (Å²) in [5, 5.41) is 0. The number of benzene rings is 2. The molecule has 0 spiro atoms. The zero-order chi connectivity index (χ0) is 18.2. The molecule has 5 heteroatoms. The maximum atomic E-state index is 12.9. The van der Waals surface area contributed by atoms with Crippen molar-refractivity contribution in [3.05, 3.63) is 71.8 Å². The number of hydrogen-bond donors (Lipinski definition) is 0. The van der Waals surface area contributed by atoms with Gasteiger partial charge in [0.25, 0.3) is 5.91 Å². The van der Waals surface area contributed by atoms with E-state index in [0.29, 0.717) is 19.6 Å². The Kier molecular flexibility index (Phi) is 4.31. The van der Waals surface area contributed by atoms with Gasteiger partial charge in [-0.25, -0.2) is 0 Å². The van der Waals surface area contributed by atoms with Gasteiger partial charge in [0.1, 0.15) is 6.10 Å². The lowest BCUT2D eigenvalue weighted by atomic mass is 10.1. The summed E-state index contributed by atoms with van der Waals surface area (Å²) in [6, 6.07) is 19.6. The zero-order valence-corrected chi connectivity index (χ0v) is 15.1. The molecule has 2 saturated heterocycles. The SMILES string of the molecule is CC1(C)CN2C(=O)[C@@H](Cc3ccccc3)O[C@@]2(OCc2ccccc2)O1. The minimum absolute atomic E-state index is 0.0903. The molecule has 5 nitrogen and oxygen atoms in total. The van der Waals surface area contributed by atoms with Gasteiger partial charge in [0.05, 0.1) is 18.8 Å². The second-order valence-corrected chi connectivity index (χ2v) is 7.38. The second-order valence-electron chi connectivity index (χ2n) is 7.38. The summed E-state index contributed by atoms with van der Waals surface area (Å²) in [7, 11) is 0.